The predicted octanol–water partition coefficient (Wildman–Crippen LogP) is 0.460. The topological polar surface area (TPSA) is 103 Å². The number of rotatable bonds is 3. The largest absolute Gasteiger partial charge is 0.354 e. The Morgan fingerprint density at radius 1 is 1.32 bits per heavy atom. The Labute approximate surface area is 128 Å². The van der Waals surface area contributed by atoms with Crippen molar-refractivity contribution in [2.45, 2.75) is 45.7 Å². The number of carbonyl (C=O) groups is 2. The molecule has 7 nitrogen and oxygen atoms in total. The van der Waals surface area contributed by atoms with Crippen LogP contribution >= 0.6 is 0 Å². The maximum absolute atomic E-state index is 11.9. The van der Waals surface area contributed by atoms with Gasteiger partial charge in [0, 0.05) is 17.8 Å². The van der Waals surface area contributed by atoms with Crippen molar-refractivity contribution in [2.24, 2.45) is 0 Å². The van der Waals surface area contributed by atoms with Gasteiger partial charge in [0.1, 0.15) is 6.04 Å². The smallest absolute Gasteiger partial charge is 0.315 e. The normalized spacial score (nSPS) is 18.3. The summed E-state index contributed by atoms with van der Waals surface area (Å²) < 4.78 is 0. The van der Waals surface area contributed by atoms with Gasteiger partial charge in [-0.1, -0.05) is 0 Å². The Kier molecular flexibility index (Phi) is 5.19. The molecule has 2 rings (SSSR count). The summed E-state index contributed by atoms with van der Waals surface area (Å²) in [5.41, 5.74) is 1.93. The third-order valence-corrected chi connectivity index (χ3v) is 3.76. The Balaban J connectivity index is 1.93. The van der Waals surface area contributed by atoms with E-state index >= 15 is 0 Å². The fraction of sp³-hybridized carbons (Fsp3) is 0.533. The molecule has 0 aromatic carbocycles. The van der Waals surface area contributed by atoms with Gasteiger partial charge in [-0.3, -0.25) is 9.59 Å². The van der Waals surface area contributed by atoms with E-state index in [-0.39, 0.29) is 18.0 Å². The first-order valence-corrected chi connectivity index (χ1v) is 7.49. The monoisotopic (exact) mass is 306 g/mol. The van der Waals surface area contributed by atoms with Gasteiger partial charge in [0.15, 0.2) is 0 Å². The number of aryl methyl sites for hydroxylation is 2. The Morgan fingerprint density at radius 2 is 2.09 bits per heavy atom. The third-order valence-electron chi connectivity index (χ3n) is 3.76. The first-order chi connectivity index (χ1) is 10.5. The molecule has 4 N–H and O–H groups in total. The van der Waals surface area contributed by atoms with Crippen molar-refractivity contribution in [1.29, 1.82) is 0 Å². The van der Waals surface area contributed by atoms with Crippen LogP contribution in [-0.4, -0.2) is 29.5 Å². The first-order valence-electron chi connectivity index (χ1n) is 7.49. The summed E-state index contributed by atoms with van der Waals surface area (Å²) in [5.74, 6) is -0.156. The number of carbonyl (C=O) groups excluding carboxylic acids is 2. The van der Waals surface area contributed by atoms with Crippen LogP contribution < -0.4 is 21.5 Å². The van der Waals surface area contributed by atoms with Gasteiger partial charge >= 0.3 is 6.03 Å². The van der Waals surface area contributed by atoms with Crippen LogP contribution in [0.4, 0.5) is 4.79 Å². The zero-order valence-corrected chi connectivity index (χ0v) is 12.9. The lowest BCUT2D eigenvalue weighted by atomic mass is 10.1. The average molecular weight is 306 g/mol. The number of hydrogen-bond donors (Lipinski definition) is 4. The van der Waals surface area contributed by atoms with E-state index in [1.54, 1.807) is 0 Å². The van der Waals surface area contributed by atoms with Crippen LogP contribution in [-0.2, 0) is 11.3 Å². The van der Waals surface area contributed by atoms with E-state index in [1.807, 2.05) is 19.9 Å². The van der Waals surface area contributed by atoms with E-state index < -0.39 is 12.1 Å². The molecule has 7 heteroatoms. The number of aromatic nitrogens is 1. The van der Waals surface area contributed by atoms with Gasteiger partial charge in [-0.05, 0) is 44.7 Å². The Morgan fingerprint density at radius 3 is 2.82 bits per heavy atom. The molecule has 1 aromatic rings. The van der Waals surface area contributed by atoms with Crippen molar-refractivity contribution < 1.29 is 9.59 Å². The fourth-order valence-corrected chi connectivity index (χ4v) is 2.56. The van der Waals surface area contributed by atoms with Crippen LogP contribution in [0.25, 0.3) is 0 Å². The summed E-state index contributed by atoms with van der Waals surface area (Å²) >= 11 is 0. The molecule has 1 atom stereocenters. The molecule has 1 fully saturated rings. The standard InChI is InChI=1S/C15H22N4O3/c1-9-7-10(2)18-13(20)11(9)8-17-15(22)19-12-5-3-4-6-16-14(12)21/h7,12H,3-6,8H2,1-2H3,(H,16,21)(H,18,20)(H2,17,19,22). The number of amides is 3. The highest BCUT2D eigenvalue weighted by atomic mass is 16.2. The Bertz CT molecular complexity index is 624. The number of hydrogen-bond acceptors (Lipinski definition) is 3. The second kappa shape index (κ2) is 7.11. The van der Waals surface area contributed by atoms with Gasteiger partial charge in [0.25, 0.3) is 5.56 Å². The quantitative estimate of drug-likeness (QED) is 0.652. The fourth-order valence-electron chi connectivity index (χ4n) is 2.56. The third kappa shape index (κ3) is 4.09. The van der Waals surface area contributed by atoms with E-state index in [4.69, 9.17) is 0 Å². The van der Waals surface area contributed by atoms with Crippen molar-refractivity contribution in [3.63, 3.8) is 0 Å². The second-order valence-corrected chi connectivity index (χ2v) is 5.61. The first kappa shape index (κ1) is 16.1. The minimum Gasteiger partial charge on any atom is -0.354 e. The molecule has 120 valence electrons. The summed E-state index contributed by atoms with van der Waals surface area (Å²) in [6, 6.07) is 0.899. The molecule has 1 aliphatic rings. The Hall–Kier alpha value is -2.31. The molecule has 1 aromatic heterocycles. The zero-order chi connectivity index (χ0) is 16.1. The van der Waals surface area contributed by atoms with Crippen molar-refractivity contribution >= 4 is 11.9 Å². The molecule has 0 spiro atoms. The lowest BCUT2D eigenvalue weighted by molar-refractivity contribution is -0.122. The van der Waals surface area contributed by atoms with Crippen LogP contribution in [0.3, 0.4) is 0 Å². The van der Waals surface area contributed by atoms with Crippen LogP contribution in [0.1, 0.15) is 36.1 Å². The lowest BCUT2D eigenvalue weighted by Crippen LogP contribution is -2.49. The maximum atomic E-state index is 11.9. The molecular weight excluding hydrogens is 284 g/mol. The molecule has 1 unspecified atom stereocenters. The van der Waals surface area contributed by atoms with Crippen LogP contribution in [0.2, 0.25) is 0 Å². The van der Waals surface area contributed by atoms with Gasteiger partial charge in [-0.2, -0.15) is 0 Å². The number of urea groups is 1. The van der Waals surface area contributed by atoms with E-state index in [1.165, 1.54) is 0 Å². The minimum atomic E-state index is -0.514. The van der Waals surface area contributed by atoms with Gasteiger partial charge < -0.3 is 20.9 Å². The highest BCUT2D eigenvalue weighted by Gasteiger charge is 2.22. The highest BCUT2D eigenvalue weighted by molar-refractivity contribution is 5.87. The van der Waals surface area contributed by atoms with Crippen molar-refractivity contribution in [3.05, 3.63) is 33.2 Å². The van der Waals surface area contributed by atoms with E-state index in [2.05, 4.69) is 20.9 Å². The second-order valence-electron chi connectivity index (χ2n) is 5.61. The number of H-pyrrole nitrogens is 1. The molecule has 1 aliphatic heterocycles. The average Bonchev–Trinajstić information content (AvgIpc) is 2.63. The van der Waals surface area contributed by atoms with Gasteiger partial charge in [-0.15, -0.1) is 0 Å². The predicted molar refractivity (Wildman–Crippen MR) is 82.6 cm³/mol. The molecule has 3 amide bonds. The van der Waals surface area contributed by atoms with Crippen LogP contribution in [0, 0.1) is 13.8 Å². The molecule has 0 aliphatic carbocycles. The summed E-state index contributed by atoms with van der Waals surface area (Å²) in [4.78, 5) is 38.3. The molecule has 0 radical (unpaired) electrons. The number of pyridine rings is 1. The zero-order valence-electron chi connectivity index (χ0n) is 12.9. The number of aromatic amines is 1. The van der Waals surface area contributed by atoms with Gasteiger partial charge in [0.05, 0.1) is 6.54 Å². The lowest BCUT2D eigenvalue weighted by Gasteiger charge is -2.16. The summed E-state index contributed by atoms with van der Waals surface area (Å²) in [6.07, 6.45) is 2.44. The minimum absolute atomic E-state index is 0.127. The van der Waals surface area contributed by atoms with Gasteiger partial charge in [-0.25, -0.2) is 4.79 Å². The molecule has 2 heterocycles. The van der Waals surface area contributed by atoms with Crippen LogP contribution in [0.15, 0.2) is 10.9 Å². The maximum Gasteiger partial charge on any atom is 0.315 e. The van der Waals surface area contributed by atoms with Crippen LogP contribution in [0.5, 0.6) is 0 Å². The molecule has 0 bridgehead atoms. The summed E-state index contributed by atoms with van der Waals surface area (Å²) in [6.45, 7) is 4.41. The summed E-state index contributed by atoms with van der Waals surface area (Å²) in [5, 5.41) is 8.05. The summed E-state index contributed by atoms with van der Waals surface area (Å²) in [7, 11) is 0. The molecule has 1 saturated heterocycles. The van der Waals surface area contributed by atoms with Crippen molar-refractivity contribution in [2.75, 3.05) is 6.54 Å². The highest BCUT2D eigenvalue weighted by Crippen LogP contribution is 2.06. The molecular formula is C15H22N4O3. The van der Waals surface area contributed by atoms with Gasteiger partial charge in [0.2, 0.25) is 5.91 Å². The van der Waals surface area contributed by atoms with E-state index in [9.17, 15) is 14.4 Å². The SMILES string of the molecule is Cc1cc(C)c(CNC(=O)NC2CCCCNC2=O)c(=O)[nH]1. The molecule has 0 saturated carbocycles. The van der Waals surface area contributed by atoms with Crippen molar-refractivity contribution in [3.8, 4) is 0 Å². The molecule has 22 heavy (non-hydrogen) atoms. The number of nitrogens with one attached hydrogen (secondary N) is 4. The van der Waals surface area contributed by atoms with E-state index in [0.717, 1.165) is 24.1 Å². The van der Waals surface area contributed by atoms with Crippen molar-refractivity contribution in [1.82, 2.24) is 20.9 Å². The van der Waals surface area contributed by atoms with E-state index in [0.29, 0.717) is 18.5 Å².